The van der Waals surface area contributed by atoms with Gasteiger partial charge in [0, 0.05) is 25.0 Å². The number of benzene rings is 2. The third kappa shape index (κ3) is 4.53. The molecule has 7 heteroatoms. The van der Waals surface area contributed by atoms with Crippen molar-refractivity contribution in [3.05, 3.63) is 65.7 Å². The normalized spacial score (nSPS) is 22.5. The first-order valence-corrected chi connectivity index (χ1v) is 11.6. The lowest BCUT2D eigenvalue weighted by Crippen LogP contribution is -2.52. The molecule has 3 aliphatic rings. The van der Waals surface area contributed by atoms with E-state index in [0.29, 0.717) is 67.7 Å². The van der Waals surface area contributed by atoms with Crippen LogP contribution in [-0.4, -0.2) is 55.7 Å². The van der Waals surface area contributed by atoms with Crippen molar-refractivity contribution in [3.63, 3.8) is 0 Å². The molecule has 7 nitrogen and oxygen atoms in total. The summed E-state index contributed by atoms with van der Waals surface area (Å²) in [6.07, 6.45) is 6.48. The van der Waals surface area contributed by atoms with E-state index in [1.807, 2.05) is 35.2 Å². The highest BCUT2D eigenvalue weighted by Gasteiger charge is 2.34. The zero-order valence-corrected chi connectivity index (χ0v) is 18.5. The van der Waals surface area contributed by atoms with E-state index in [2.05, 4.69) is 17.5 Å². The third-order valence-electron chi connectivity index (χ3n) is 6.41. The summed E-state index contributed by atoms with van der Waals surface area (Å²) in [4.78, 5) is 28.3. The Bertz CT molecular complexity index is 1070. The zero-order valence-electron chi connectivity index (χ0n) is 18.5. The molecule has 0 radical (unpaired) electrons. The van der Waals surface area contributed by atoms with Crippen molar-refractivity contribution in [2.24, 2.45) is 5.92 Å². The van der Waals surface area contributed by atoms with Gasteiger partial charge in [0.15, 0.2) is 11.5 Å². The minimum absolute atomic E-state index is 0.0250. The highest BCUT2D eigenvalue weighted by molar-refractivity contribution is 5.98. The Hall–Kier alpha value is -3.48. The average Bonchev–Trinajstić information content (AvgIpc) is 2.85. The van der Waals surface area contributed by atoms with Crippen LogP contribution in [0.25, 0.3) is 0 Å². The van der Waals surface area contributed by atoms with Crippen LogP contribution in [0.2, 0.25) is 0 Å². The van der Waals surface area contributed by atoms with Crippen molar-refractivity contribution in [2.75, 3.05) is 32.9 Å². The van der Waals surface area contributed by atoms with Crippen molar-refractivity contribution in [1.82, 2.24) is 10.2 Å². The molecule has 5 rings (SSSR count). The topological polar surface area (TPSA) is 77.1 Å². The number of carbonyl (C=O) groups is 2. The number of fused-ring (bicyclic) bond motifs is 3. The summed E-state index contributed by atoms with van der Waals surface area (Å²) in [5.41, 5.74) is 1.08. The van der Waals surface area contributed by atoms with Gasteiger partial charge in [-0.25, -0.2) is 0 Å². The van der Waals surface area contributed by atoms with Crippen LogP contribution in [0.4, 0.5) is 0 Å². The number of nitrogens with one attached hydrogen (secondary N) is 1. The zero-order chi connectivity index (χ0) is 22.6. The van der Waals surface area contributed by atoms with E-state index in [0.717, 1.165) is 12.8 Å². The number of rotatable bonds is 1. The molecule has 0 aromatic heterocycles. The summed E-state index contributed by atoms with van der Waals surface area (Å²) in [7, 11) is 0. The number of allylic oxidation sites excluding steroid dienone is 1. The number of piperidine rings is 1. The van der Waals surface area contributed by atoms with E-state index >= 15 is 0 Å². The van der Waals surface area contributed by atoms with E-state index in [1.165, 1.54) is 0 Å². The Morgan fingerprint density at radius 1 is 0.939 bits per heavy atom. The van der Waals surface area contributed by atoms with Gasteiger partial charge in [-0.1, -0.05) is 30.4 Å². The molecule has 0 unspecified atom stereocenters. The fourth-order valence-corrected chi connectivity index (χ4v) is 4.71. The molecule has 2 aromatic carbocycles. The Morgan fingerprint density at radius 3 is 2.70 bits per heavy atom. The molecule has 1 saturated heterocycles. The lowest BCUT2D eigenvalue weighted by Gasteiger charge is -2.39. The Kier molecular flexibility index (Phi) is 6.19. The second-order valence-electron chi connectivity index (χ2n) is 8.55. The molecule has 0 aliphatic carbocycles. The van der Waals surface area contributed by atoms with Gasteiger partial charge >= 0.3 is 0 Å². The standard InChI is InChI=1S/C26H28N2O5/c29-25-19-8-3-4-10-22(19)31-14-5-1-2-7-18-17-28(13-12-21(18)27-25)26(30)20-9-6-11-23-24(20)33-16-15-32-23/h1-4,6,8-11,18,21H,5,7,12-17H2,(H,27,29)/t18-,21+/m0/s1. The summed E-state index contributed by atoms with van der Waals surface area (Å²) < 4.78 is 17.2. The quantitative estimate of drug-likeness (QED) is 0.677. The third-order valence-corrected chi connectivity index (χ3v) is 6.41. The van der Waals surface area contributed by atoms with Crippen LogP contribution < -0.4 is 19.5 Å². The van der Waals surface area contributed by atoms with Gasteiger partial charge in [0.25, 0.3) is 11.8 Å². The summed E-state index contributed by atoms with van der Waals surface area (Å²) in [6, 6.07) is 12.8. The lowest BCUT2D eigenvalue weighted by molar-refractivity contribution is 0.0611. The Balaban J connectivity index is 1.36. The molecule has 2 amide bonds. The minimum atomic E-state index is -0.132. The first kappa shape index (κ1) is 21.4. The molecule has 3 aliphatic heterocycles. The van der Waals surface area contributed by atoms with Crippen molar-refractivity contribution in [1.29, 1.82) is 0 Å². The number of nitrogens with zero attached hydrogens (tertiary/aromatic N) is 1. The summed E-state index contributed by atoms with van der Waals surface area (Å²) in [5, 5.41) is 3.21. The number of carbonyl (C=O) groups excluding carboxylic acids is 2. The summed E-state index contributed by atoms with van der Waals surface area (Å²) in [5.74, 6) is 1.67. The summed E-state index contributed by atoms with van der Waals surface area (Å²) in [6.45, 7) is 2.56. The maximum Gasteiger partial charge on any atom is 0.257 e. The first-order chi connectivity index (χ1) is 16.2. The predicted molar refractivity (Wildman–Crippen MR) is 123 cm³/mol. The summed E-state index contributed by atoms with van der Waals surface area (Å²) >= 11 is 0. The van der Waals surface area contributed by atoms with Crippen molar-refractivity contribution in [2.45, 2.75) is 25.3 Å². The average molecular weight is 449 g/mol. The van der Waals surface area contributed by atoms with Gasteiger partial charge in [-0.05, 0) is 43.5 Å². The lowest BCUT2D eigenvalue weighted by atomic mass is 9.88. The molecule has 2 aromatic rings. The van der Waals surface area contributed by atoms with Crippen LogP contribution >= 0.6 is 0 Å². The van der Waals surface area contributed by atoms with Gasteiger partial charge in [-0.15, -0.1) is 0 Å². The number of hydrogen-bond donors (Lipinski definition) is 1. The van der Waals surface area contributed by atoms with Gasteiger partial charge in [-0.2, -0.15) is 0 Å². The van der Waals surface area contributed by atoms with Gasteiger partial charge in [0.05, 0.1) is 17.7 Å². The molecule has 3 heterocycles. The van der Waals surface area contributed by atoms with E-state index in [4.69, 9.17) is 14.2 Å². The minimum Gasteiger partial charge on any atom is -0.492 e. The van der Waals surface area contributed by atoms with Gasteiger partial charge in [-0.3, -0.25) is 9.59 Å². The SMILES string of the molecule is O=C1N[C@@H]2CCN(C(=O)c3cccc4c3OCCO4)C[C@@H]2CC=CCCOc2ccccc21. The predicted octanol–water partition coefficient (Wildman–Crippen LogP) is 3.45. The van der Waals surface area contributed by atoms with Crippen molar-refractivity contribution < 1.29 is 23.8 Å². The van der Waals surface area contributed by atoms with Crippen LogP contribution in [0.5, 0.6) is 17.2 Å². The van der Waals surface area contributed by atoms with E-state index in [-0.39, 0.29) is 23.8 Å². The van der Waals surface area contributed by atoms with Crippen LogP contribution in [0.15, 0.2) is 54.6 Å². The van der Waals surface area contributed by atoms with Gasteiger partial charge in [0.2, 0.25) is 0 Å². The molecule has 1 fully saturated rings. The largest absolute Gasteiger partial charge is 0.492 e. The van der Waals surface area contributed by atoms with E-state index in [9.17, 15) is 9.59 Å². The number of para-hydroxylation sites is 2. The maximum atomic E-state index is 13.4. The molecule has 0 bridgehead atoms. The second-order valence-corrected chi connectivity index (χ2v) is 8.55. The molecule has 0 spiro atoms. The van der Waals surface area contributed by atoms with Crippen LogP contribution in [0, 0.1) is 5.92 Å². The fourth-order valence-electron chi connectivity index (χ4n) is 4.71. The van der Waals surface area contributed by atoms with E-state index in [1.54, 1.807) is 12.1 Å². The van der Waals surface area contributed by atoms with Crippen molar-refractivity contribution >= 4 is 11.8 Å². The number of amides is 2. The molecule has 2 atom stereocenters. The molecule has 33 heavy (non-hydrogen) atoms. The van der Waals surface area contributed by atoms with Crippen LogP contribution in [0.1, 0.15) is 40.0 Å². The van der Waals surface area contributed by atoms with Crippen LogP contribution in [0.3, 0.4) is 0 Å². The number of hydrogen-bond acceptors (Lipinski definition) is 5. The highest BCUT2D eigenvalue weighted by atomic mass is 16.6. The monoisotopic (exact) mass is 448 g/mol. The first-order valence-electron chi connectivity index (χ1n) is 11.6. The Morgan fingerprint density at radius 2 is 1.76 bits per heavy atom. The number of ether oxygens (including phenoxy) is 3. The van der Waals surface area contributed by atoms with E-state index < -0.39 is 0 Å². The highest BCUT2D eigenvalue weighted by Crippen LogP contribution is 2.35. The second kappa shape index (κ2) is 9.57. The smallest absolute Gasteiger partial charge is 0.257 e. The van der Waals surface area contributed by atoms with Gasteiger partial charge < -0.3 is 24.4 Å². The van der Waals surface area contributed by atoms with Crippen LogP contribution in [-0.2, 0) is 0 Å². The molecule has 172 valence electrons. The molecule has 1 N–H and O–H groups in total. The fraction of sp³-hybridized carbons (Fsp3) is 0.385. The molecule has 0 saturated carbocycles. The van der Waals surface area contributed by atoms with Crippen molar-refractivity contribution in [3.8, 4) is 17.2 Å². The molecular weight excluding hydrogens is 420 g/mol. The molecular formula is C26H28N2O5. The van der Waals surface area contributed by atoms with Gasteiger partial charge in [0.1, 0.15) is 19.0 Å². The number of likely N-dealkylation sites (tertiary alicyclic amines) is 1. The Labute approximate surface area is 193 Å². The maximum absolute atomic E-state index is 13.4.